The van der Waals surface area contributed by atoms with Crippen molar-refractivity contribution in [1.29, 1.82) is 0 Å². The molecule has 2 aromatic heterocycles. The lowest BCUT2D eigenvalue weighted by molar-refractivity contribution is 0.435. The number of aromatic amines is 1. The van der Waals surface area contributed by atoms with Gasteiger partial charge in [0.2, 0.25) is 0 Å². The van der Waals surface area contributed by atoms with E-state index in [1.54, 1.807) is 0 Å². The van der Waals surface area contributed by atoms with Crippen molar-refractivity contribution < 1.29 is 0 Å². The second-order valence-electron chi connectivity index (χ2n) is 5.58. The maximum atomic E-state index is 5.46. The van der Waals surface area contributed by atoms with Gasteiger partial charge in [-0.1, -0.05) is 44.8 Å². The van der Waals surface area contributed by atoms with Crippen LogP contribution in [0.3, 0.4) is 0 Å². The molecule has 0 aromatic carbocycles. The largest absolute Gasteiger partial charge is 0.295 e. The Morgan fingerprint density at radius 1 is 1.32 bits per heavy atom. The Hall–Kier alpha value is -1.16. The first kappa shape index (κ1) is 12.9. The molecule has 0 bridgehead atoms. The van der Waals surface area contributed by atoms with Crippen molar-refractivity contribution in [3.05, 3.63) is 28.2 Å². The lowest BCUT2D eigenvalue weighted by Gasteiger charge is -2.19. The Bertz CT molecular complexity index is 620. The van der Waals surface area contributed by atoms with Crippen molar-refractivity contribution in [2.45, 2.75) is 57.8 Å². The van der Waals surface area contributed by atoms with Gasteiger partial charge < -0.3 is 0 Å². The molecule has 0 saturated heterocycles. The maximum absolute atomic E-state index is 5.46. The number of aromatic nitrogens is 3. The first-order valence-electron chi connectivity index (χ1n) is 7.39. The van der Waals surface area contributed by atoms with E-state index in [0.29, 0.717) is 5.92 Å². The predicted molar refractivity (Wildman–Crippen MR) is 80.2 cm³/mol. The summed E-state index contributed by atoms with van der Waals surface area (Å²) in [6.45, 7) is 2.17. The summed E-state index contributed by atoms with van der Waals surface area (Å²) in [5.74, 6) is 0.666. The van der Waals surface area contributed by atoms with Crippen LogP contribution in [0, 0.1) is 4.64 Å². The van der Waals surface area contributed by atoms with Crippen molar-refractivity contribution in [2.75, 3.05) is 0 Å². The summed E-state index contributed by atoms with van der Waals surface area (Å²) >= 11 is 5.46. The fourth-order valence-corrected chi connectivity index (χ4v) is 3.34. The van der Waals surface area contributed by atoms with Gasteiger partial charge in [-0.3, -0.25) is 5.10 Å². The van der Waals surface area contributed by atoms with E-state index in [2.05, 4.69) is 18.1 Å². The molecule has 0 aliphatic heterocycles. The molecular weight excluding hydrogens is 254 g/mol. The summed E-state index contributed by atoms with van der Waals surface area (Å²) in [6.07, 6.45) is 8.78. The van der Waals surface area contributed by atoms with E-state index in [0.717, 1.165) is 28.8 Å². The van der Waals surface area contributed by atoms with Crippen LogP contribution < -0.4 is 0 Å². The average molecular weight is 275 g/mol. The second-order valence-corrected chi connectivity index (χ2v) is 5.99. The van der Waals surface area contributed by atoms with Crippen LogP contribution >= 0.6 is 12.2 Å². The summed E-state index contributed by atoms with van der Waals surface area (Å²) in [7, 11) is 0. The molecule has 3 nitrogen and oxygen atoms in total. The van der Waals surface area contributed by atoms with Crippen LogP contribution in [0.25, 0.3) is 5.65 Å². The van der Waals surface area contributed by atoms with Crippen molar-refractivity contribution >= 4 is 17.9 Å². The molecule has 2 aromatic rings. The summed E-state index contributed by atoms with van der Waals surface area (Å²) in [4.78, 5) is 4.71. The lowest BCUT2D eigenvalue weighted by atomic mass is 9.87. The van der Waals surface area contributed by atoms with Crippen LogP contribution in [-0.4, -0.2) is 14.6 Å². The van der Waals surface area contributed by atoms with E-state index in [-0.39, 0.29) is 0 Å². The van der Waals surface area contributed by atoms with Crippen LogP contribution in [0.15, 0.2) is 12.1 Å². The van der Waals surface area contributed by atoms with E-state index >= 15 is 0 Å². The molecule has 102 valence electrons. The van der Waals surface area contributed by atoms with Gasteiger partial charge in [-0.25, -0.2) is 9.50 Å². The molecule has 2 heterocycles. The SMILES string of the molecule is CCCc1cc(=S)n2[nH]c(C3CCCCC3)cc2n1. The molecule has 1 aliphatic carbocycles. The van der Waals surface area contributed by atoms with Gasteiger partial charge in [0.05, 0.1) is 0 Å². The van der Waals surface area contributed by atoms with E-state index in [1.165, 1.54) is 37.8 Å². The molecular formula is C15H21N3S. The number of aryl methyl sites for hydroxylation is 1. The van der Waals surface area contributed by atoms with Crippen LogP contribution in [0.1, 0.15) is 62.8 Å². The smallest absolute Gasteiger partial charge is 0.154 e. The third-order valence-electron chi connectivity index (χ3n) is 4.07. The fraction of sp³-hybridized carbons (Fsp3) is 0.600. The molecule has 1 aliphatic rings. The molecule has 1 saturated carbocycles. The molecule has 19 heavy (non-hydrogen) atoms. The standard InChI is InChI=1S/C15H21N3S/c1-2-6-12-9-15(19)18-14(16-12)10-13(17-18)11-7-4-3-5-8-11/h9-11,17H,2-8H2,1H3. The Morgan fingerprint density at radius 3 is 2.84 bits per heavy atom. The van der Waals surface area contributed by atoms with Crippen LogP contribution in [0.5, 0.6) is 0 Å². The van der Waals surface area contributed by atoms with Crippen molar-refractivity contribution in [2.24, 2.45) is 0 Å². The number of nitrogens with zero attached hydrogens (tertiary/aromatic N) is 2. The van der Waals surface area contributed by atoms with Gasteiger partial charge in [0.1, 0.15) is 4.64 Å². The summed E-state index contributed by atoms with van der Waals surface area (Å²) in [5.41, 5.74) is 3.41. The van der Waals surface area contributed by atoms with Gasteiger partial charge in [0.25, 0.3) is 0 Å². The van der Waals surface area contributed by atoms with E-state index in [9.17, 15) is 0 Å². The number of hydrogen-bond acceptors (Lipinski definition) is 2. The van der Waals surface area contributed by atoms with Crippen molar-refractivity contribution in [3.63, 3.8) is 0 Å². The molecule has 0 spiro atoms. The monoisotopic (exact) mass is 275 g/mol. The minimum atomic E-state index is 0.666. The third-order valence-corrected chi connectivity index (χ3v) is 4.37. The molecule has 1 N–H and O–H groups in total. The molecule has 0 unspecified atom stereocenters. The summed E-state index contributed by atoms with van der Waals surface area (Å²) in [6, 6.07) is 4.22. The molecule has 0 atom stereocenters. The predicted octanol–water partition coefficient (Wildman–Crippen LogP) is 4.39. The van der Waals surface area contributed by atoms with Gasteiger partial charge in [-0.15, -0.1) is 0 Å². The van der Waals surface area contributed by atoms with Gasteiger partial charge in [-0.05, 0) is 25.3 Å². The Morgan fingerprint density at radius 2 is 2.11 bits per heavy atom. The van der Waals surface area contributed by atoms with Crippen molar-refractivity contribution in [3.8, 4) is 0 Å². The van der Waals surface area contributed by atoms with E-state index in [1.807, 2.05) is 10.6 Å². The van der Waals surface area contributed by atoms with Gasteiger partial charge in [-0.2, -0.15) is 0 Å². The molecule has 4 heteroatoms. The number of H-pyrrole nitrogens is 1. The Kier molecular flexibility index (Phi) is 3.69. The maximum Gasteiger partial charge on any atom is 0.154 e. The summed E-state index contributed by atoms with van der Waals surface area (Å²) in [5, 5.41) is 3.45. The zero-order valence-electron chi connectivity index (χ0n) is 11.5. The third kappa shape index (κ3) is 2.59. The first-order chi connectivity index (χ1) is 9.28. The van der Waals surface area contributed by atoms with Crippen molar-refractivity contribution in [1.82, 2.24) is 14.6 Å². The number of rotatable bonds is 3. The number of fused-ring (bicyclic) bond motifs is 1. The van der Waals surface area contributed by atoms with Crippen LogP contribution in [0.2, 0.25) is 0 Å². The van der Waals surface area contributed by atoms with Gasteiger partial charge in [0.15, 0.2) is 5.65 Å². The Labute approximate surface area is 119 Å². The van der Waals surface area contributed by atoms with Gasteiger partial charge in [0, 0.05) is 23.4 Å². The fourth-order valence-electron chi connectivity index (χ4n) is 3.07. The number of hydrogen-bond donors (Lipinski definition) is 1. The molecule has 0 radical (unpaired) electrons. The molecule has 1 fully saturated rings. The topological polar surface area (TPSA) is 33.1 Å². The highest BCUT2D eigenvalue weighted by Gasteiger charge is 2.18. The molecule has 3 rings (SSSR count). The second kappa shape index (κ2) is 5.45. The highest BCUT2D eigenvalue weighted by atomic mass is 32.1. The lowest BCUT2D eigenvalue weighted by Crippen LogP contribution is -2.05. The zero-order valence-corrected chi connectivity index (χ0v) is 12.3. The van der Waals surface area contributed by atoms with E-state index < -0.39 is 0 Å². The van der Waals surface area contributed by atoms with Crippen LogP contribution in [-0.2, 0) is 6.42 Å². The number of nitrogens with one attached hydrogen (secondary N) is 1. The summed E-state index contributed by atoms with van der Waals surface area (Å²) < 4.78 is 2.80. The highest BCUT2D eigenvalue weighted by Crippen LogP contribution is 2.32. The highest BCUT2D eigenvalue weighted by molar-refractivity contribution is 7.71. The zero-order chi connectivity index (χ0) is 13.2. The Balaban J connectivity index is 1.99. The van der Waals surface area contributed by atoms with E-state index in [4.69, 9.17) is 17.2 Å². The molecule has 0 amide bonds. The average Bonchev–Trinajstić information content (AvgIpc) is 2.85. The minimum absolute atomic E-state index is 0.666. The van der Waals surface area contributed by atoms with Crippen LogP contribution in [0.4, 0.5) is 0 Å². The quantitative estimate of drug-likeness (QED) is 0.843. The van der Waals surface area contributed by atoms with Gasteiger partial charge >= 0.3 is 0 Å². The first-order valence-corrected chi connectivity index (χ1v) is 7.80. The normalized spacial score (nSPS) is 17.1. The minimum Gasteiger partial charge on any atom is -0.295 e.